The van der Waals surface area contributed by atoms with Gasteiger partial charge in [0.25, 0.3) is 5.91 Å². The Kier molecular flexibility index (Phi) is 2.35. The molecule has 2 aliphatic heterocycles. The van der Waals surface area contributed by atoms with E-state index in [0.29, 0.717) is 19.5 Å². The van der Waals surface area contributed by atoms with Crippen molar-refractivity contribution in [3.63, 3.8) is 0 Å². The zero-order valence-electron chi connectivity index (χ0n) is 9.39. The van der Waals surface area contributed by atoms with Crippen LogP contribution in [0.2, 0.25) is 0 Å². The van der Waals surface area contributed by atoms with Crippen molar-refractivity contribution in [3.05, 3.63) is 29.8 Å². The van der Waals surface area contributed by atoms with E-state index in [4.69, 9.17) is 4.74 Å². The Morgan fingerprint density at radius 1 is 1.29 bits per heavy atom. The first kappa shape index (κ1) is 10.3. The third-order valence-corrected chi connectivity index (χ3v) is 3.27. The molecular formula is C13H13NO3. The van der Waals surface area contributed by atoms with E-state index in [1.54, 1.807) is 4.90 Å². The van der Waals surface area contributed by atoms with Gasteiger partial charge in [0.1, 0.15) is 11.9 Å². The molecule has 3 rings (SSSR count). The van der Waals surface area contributed by atoms with Gasteiger partial charge in [0.05, 0.1) is 6.54 Å². The van der Waals surface area contributed by atoms with Crippen molar-refractivity contribution in [2.45, 2.75) is 18.9 Å². The number of likely N-dealkylation sites (tertiary alicyclic amines) is 1. The molecule has 0 aromatic heterocycles. The first-order valence-corrected chi connectivity index (χ1v) is 5.81. The number of ether oxygens (including phenoxy) is 1. The Morgan fingerprint density at radius 2 is 2.12 bits per heavy atom. The quantitative estimate of drug-likeness (QED) is 0.707. The highest BCUT2D eigenvalue weighted by atomic mass is 16.5. The van der Waals surface area contributed by atoms with Crippen LogP contribution in [-0.4, -0.2) is 35.8 Å². The van der Waals surface area contributed by atoms with Crippen LogP contribution >= 0.6 is 0 Å². The number of Topliss-reactive ketones (excluding diaryl/α,β-unsaturated/α-hetero) is 1. The molecule has 0 spiro atoms. The van der Waals surface area contributed by atoms with Crippen LogP contribution in [0.5, 0.6) is 5.75 Å². The molecule has 0 bridgehead atoms. The maximum absolute atomic E-state index is 11.5. The summed E-state index contributed by atoms with van der Waals surface area (Å²) in [5.41, 5.74) is 1.18. The SMILES string of the molecule is O=C1CCN(CC2Cc3ccccc3O2)C1=O. The fourth-order valence-electron chi connectivity index (χ4n) is 2.40. The molecule has 1 amide bonds. The number of carbonyl (C=O) groups is 2. The number of rotatable bonds is 2. The Bertz CT molecular complexity index is 458. The highest BCUT2D eigenvalue weighted by molar-refractivity contribution is 6.37. The van der Waals surface area contributed by atoms with Crippen LogP contribution in [0, 0.1) is 0 Å². The minimum Gasteiger partial charge on any atom is -0.488 e. The van der Waals surface area contributed by atoms with E-state index in [-0.39, 0.29) is 17.8 Å². The first-order valence-electron chi connectivity index (χ1n) is 5.81. The number of fused-ring (bicyclic) bond motifs is 1. The number of benzene rings is 1. The largest absolute Gasteiger partial charge is 0.488 e. The third kappa shape index (κ3) is 1.79. The molecule has 0 radical (unpaired) electrons. The van der Waals surface area contributed by atoms with E-state index < -0.39 is 0 Å². The summed E-state index contributed by atoms with van der Waals surface area (Å²) in [5, 5.41) is 0. The van der Waals surface area contributed by atoms with E-state index in [1.807, 2.05) is 24.3 Å². The van der Waals surface area contributed by atoms with Gasteiger partial charge >= 0.3 is 0 Å². The summed E-state index contributed by atoms with van der Waals surface area (Å²) >= 11 is 0. The van der Waals surface area contributed by atoms with Gasteiger partial charge in [-0.2, -0.15) is 0 Å². The molecular weight excluding hydrogens is 218 g/mol. The summed E-state index contributed by atoms with van der Waals surface area (Å²) in [7, 11) is 0. The highest BCUT2D eigenvalue weighted by Crippen LogP contribution is 2.28. The minimum absolute atomic E-state index is 0.0118. The van der Waals surface area contributed by atoms with E-state index in [9.17, 15) is 9.59 Å². The Labute approximate surface area is 99.2 Å². The summed E-state index contributed by atoms with van der Waals surface area (Å²) in [6.45, 7) is 1.05. The van der Waals surface area contributed by atoms with Gasteiger partial charge in [0.15, 0.2) is 0 Å². The fraction of sp³-hybridized carbons (Fsp3) is 0.385. The van der Waals surface area contributed by atoms with E-state index in [0.717, 1.165) is 12.2 Å². The zero-order chi connectivity index (χ0) is 11.8. The summed E-state index contributed by atoms with van der Waals surface area (Å²) in [5.74, 6) is 0.264. The average Bonchev–Trinajstić information content (AvgIpc) is 2.87. The van der Waals surface area contributed by atoms with Crippen LogP contribution in [-0.2, 0) is 16.0 Å². The van der Waals surface area contributed by atoms with Crippen LogP contribution in [0.25, 0.3) is 0 Å². The summed E-state index contributed by atoms with van der Waals surface area (Å²) in [6, 6.07) is 7.89. The normalized spacial score (nSPS) is 22.8. The minimum atomic E-state index is -0.357. The topological polar surface area (TPSA) is 46.6 Å². The van der Waals surface area contributed by atoms with Gasteiger partial charge in [-0.15, -0.1) is 0 Å². The summed E-state index contributed by atoms with van der Waals surface area (Å²) < 4.78 is 5.75. The molecule has 1 atom stereocenters. The number of amides is 1. The van der Waals surface area contributed by atoms with Crippen molar-refractivity contribution in [2.24, 2.45) is 0 Å². The first-order chi connectivity index (χ1) is 8.24. The van der Waals surface area contributed by atoms with Crippen LogP contribution < -0.4 is 4.74 Å². The van der Waals surface area contributed by atoms with Gasteiger partial charge in [-0.3, -0.25) is 9.59 Å². The number of hydrogen-bond acceptors (Lipinski definition) is 3. The van der Waals surface area contributed by atoms with Crippen molar-refractivity contribution in [2.75, 3.05) is 13.1 Å². The van der Waals surface area contributed by atoms with Gasteiger partial charge in [-0.1, -0.05) is 18.2 Å². The number of ketones is 1. The number of carbonyl (C=O) groups excluding carboxylic acids is 2. The van der Waals surface area contributed by atoms with Crippen LogP contribution in [0.15, 0.2) is 24.3 Å². The molecule has 0 saturated carbocycles. The second-order valence-electron chi connectivity index (χ2n) is 4.48. The second-order valence-corrected chi connectivity index (χ2v) is 4.48. The summed E-state index contributed by atoms with van der Waals surface area (Å²) in [4.78, 5) is 24.2. The lowest BCUT2D eigenvalue weighted by atomic mass is 10.1. The molecule has 4 nitrogen and oxygen atoms in total. The monoisotopic (exact) mass is 231 g/mol. The van der Waals surface area contributed by atoms with Crippen LogP contribution in [0.3, 0.4) is 0 Å². The molecule has 0 aliphatic carbocycles. The molecule has 1 unspecified atom stereocenters. The highest BCUT2D eigenvalue weighted by Gasteiger charge is 2.33. The Balaban J connectivity index is 1.66. The molecule has 17 heavy (non-hydrogen) atoms. The van der Waals surface area contributed by atoms with E-state index in [1.165, 1.54) is 5.56 Å². The van der Waals surface area contributed by atoms with E-state index >= 15 is 0 Å². The molecule has 0 N–H and O–H groups in total. The Morgan fingerprint density at radius 3 is 2.82 bits per heavy atom. The van der Waals surface area contributed by atoms with E-state index in [2.05, 4.69) is 0 Å². The Hall–Kier alpha value is -1.84. The van der Waals surface area contributed by atoms with Gasteiger partial charge in [-0.25, -0.2) is 0 Å². The van der Waals surface area contributed by atoms with Crippen molar-refractivity contribution >= 4 is 11.7 Å². The zero-order valence-corrected chi connectivity index (χ0v) is 9.39. The molecule has 2 heterocycles. The maximum Gasteiger partial charge on any atom is 0.290 e. The number of hydrogen-bond donors (Lipinski definition) is 0. The maximum atomic E-state index is 11.5. The van der Waals surface area contributed by atoms with Gasteiger partial charge < -0.3 is 9.64 Å². The lowest BCUT2D eigenvalue weighted by molar-refractivity contribution is -0.140. The third-order valence-electron chi connectivity index (χ3n) is 3.27. The van der Waals surface area contributed by atoms with Crippen molar-refractivity contribution < 1.29 is 14.3 Å². The molecule has 1 saturated heterocycles. The fourth-order valence-corrected chi connectivity index (χ4v) is 2.40. The predicted molar refractivity (Wildman–Crippen MR) is 60.8 cm³/mol. The smallest absolute Gasteiger partial charge is 0.290 e. The van der Waals surface area contributed by atoms with Gasteiger partial charge in [0, 0.05) is 19.4 Å². The molecule has 4 heteroatoms. The molecule has 2 aliphatic rings. The number of nitrogens with zero attached hydrogens (tertiary/aromatic N) is 1. The van der Waals surface area contributed by atoms with Gasteiger partial charge in [0.2, 0.25) is 5.78 Å². The molecule has 88 valence electrons. The van der Waals surface area contributed by atoms with Crippen LogP contribution in [0.4, 0.5) is 0 Å². The van der Waals surface area contributed by atoms with Crippen molar-refractivity contribution in [3.8, 4) is 5.75 Å². The van der Waals surface area contributed by atoms with Crippen LogP contribution in [0.1, 0.15) is 12.0 Å². The standard InChI is InChI=1S/C13H13NO3/c15-11-5-6-14(13(11)16)8-10-7-9-3-1-2-4-12(9)17-10/h1-4,10H,5-8H2. The van der Waals surface area contributed by atoms with Crippen molar-refractivity contribution in [1.29, 1.82) is 0 Å². The average molecular weight is 231 g/mol. The predicted octanol–water partition coefficient (Wildman–Crippen LogP) is 0.792. The molecule has 1 aromatic carbocycles. The van der Waals surface area contributed by atoms with Crippen molar-refractivity contribution in [1.82, 2.24) is 4.90 Å². The second kappa shape index (κ2) is 3.87. The van der Waals surface area contributed by atoms with Gasteiger partial charge in [-0.05, 0) is 11.6 Å². The molecule has 1 fully saturated rings. The number of para-hydroxylation sites is 1. The lowest BCUT2D eigenvalue weighted by Gasteiger charge is -2.19. The summed E-state index contributed by atoms with van der Waals surface area (Å²) in [6.07, 6.45) is 1.15. The molecule has 1 aromatic rings. The lowest BCUT2D eigenvalue weighted by Crippen LogP contribution is -2.36.